The van der Waals surface area contributed by atoms with E-state index < -0.39 is 0 Å². The quantitative estimate of drug-likeness (QED) is 0.210. The smallest absolute Gasteiger partial charge is 0.123 e. The Morgan fingerprint density at radius 2 is 1.51 bits per heavy atom. The lowest BCUT2D eigenvalue weighted by atomic mass is 9.96. The molecule has 3 aromatic carbocycles. The van der Waals surface area contributed by atoms with Crippen molar-refractivity contribution in [2.24, 2.45) is 12.0 Å². The van der Waals surface area contributed by atoms with Gasteiger partial charge in [0.2, 0.25) is 0 Å². The van der Waals surface area contributed by atoms with E-state index in [0.29, 0.717) is 17.1 Å². The second kappa shape index (κ2) is 12.2. The summed E-state index contributed by atoms with van der Waals surface area (Å²) in [7, 11) is 2.04. The van der Waals surface area contributed by atoms with Crippen LogP contribution in [0.15, 0.2) is 83.9 Å². The van der Waals surface area contributed by atoms with Crippen molar-refractivity contribution in [2.45, 2.75) is 57.5 Å². The van der Waals surface area contributed by atoms with Crippen LogP contribution >= 0.6 is 0 Å². The lowest BCUT2D eigenvalue weighted by molar-refractivity contribution is 0.389. The van der Waals surface area contributed by atoms with Crippen molar-refractivity contribution in [1.29, 1.82) is 0 Å². The van der Waals surface area contributed by atoms with Gasteiger partial charge in [-0.3, -0.25) is 0 Å². The van der Waals surface area contributed by atoms with Gasteiger partial charge in [-0.1, -0.05) is 38.2 Å². The van der Waals surface area contributed by atoms with Crippen molar-refractivity contribution < 1.29 is 8.78 Å². The number of nitrogens with zero attached hydrogens (tertiary/aromatic N) is 3. The van der Waals surface area contributed by atoms with Gasteiger partial charge in [0.1, 0.15) is 11.6 Å². The first-order valence-electron chi connectivity index (χ1n) is 14.5. The molecule has 210 valence electrons. The molecule has 0 aromatic heterocycles. The van der Waals surface area contributed by atoms with Gasteiger partial charge in [-0.25, -0.2) is 18.8 Å². The lowest BCUT2D eigenvalue weighted by Gasteiger charge is -2.21. The first-order valence-corrected chi connectivity index (χ1v) is 14.5. The standard InChI is InChI=1S/C34H35F2N5/c1-41-33-18-9-23(22-37-26-7-5-3-2-4-6-8-26)19-31(33)40-32-20-29(38-27-14-10-24(35)11-15-27)30(21-34(32)41)39-28-16-12-25(36)13-17-28/h9-21,26,37-38H,2-8,22H2,1H3. The van der Waals surface area contributed by atoms with Gasteiger partial charge in [0.25, 0.3) is 0 Å². The largest absolute Gasteiger partial charge is 0.354 e. The van der Waals surface area contributed by atoms with Crippen LogP contribution < -0.4 is 16.0 Å². The Hall–Kier alpha value is -4.10. The highest BCUT2D eigenvalue weighted by Gasteiger charge is 2.15. The lowest BCUT2D eigenvalue weighted by Crippen LogP contribution is -2.29. The van der Waals surface area contributed by atoms with Gasteiger partial charge in [0.05, 0.1) is 39.2 Å². The maximum Gasteiger partial charge on any atom is 0.123 e. The van der Waals surface area contributed by atoms with E-state index in [4.69, 9.17) is 9.98 Å². The summed E-state index contributed by atoms with van der Waals surface area (Å²) in [5.41, 5.74) is 6.99. The summed E-state index contributed by atoms with van der Waals surface area (Å²) >= 11 is 0. The van der Waals surface area contributed by atoms with Gasteiger partial charge < -0.3 is 15.2 Å². The number of halogens is 2. The second-order valence-corrected chi connectivity index (χ2v) is 11.0. The average molecular weight is 552 g/mol. The molecule has 2 N–H and O–H groups in total. The molecule has 1 heterocycles. The number of nitrogens with one attached hydrogen (secondary N) is 2. The third-order valence-corrected chi connectivity index (χ3v) is 8.00. The van der Waals surface area contributed by atoms with Crippen molar-refractivity contribution in [3.8, 4) is 11.4 Å². The molecule has 41 heavy (non-hydrogen) atoms. The van der Waals surface area contributed by atoms with Crippen LogP contribution in [0.5, 0.6) is 0 Å². The van der Waals surface area contributed by atoms with Crippen LogP contribution in [-0.4, -0.2) is 15.6 Å². The highest BCUT2D eigenvalue weighted by Crippen LogP contribution is 2.28. The van der Waals surface area contributed by atoms with E-state index in [2.05, 4.69) is 33.4 Å². The number of benzene rings is 4. The van der Waals surface area contributed by atoms with Gasteiger partial charge in [-0.15, -0.1) is 0 Å². The zero-order valence-corrected chi connectivity index (χ0v) is 23.3. The van der Waals surface area contributed by atoms with Crippen molar-refractivity contribution in [3.05, 3.63) is 101 Å². The zero-order chi connectivity index (χ0) is 28.2. The number of fused-ring (bicyclic) bond motifs is 2. The fraction of sp³-hybridized carbons (Fsp3) is 0.294. The summed E-state index contributed by atoms with van der Waals surface area (Å²) in [6, 6.07) is 23.3. The maximum atomic E-state index is 13.6. The van der Waals surface area contributed by atoms with E-state index in [1.165, 1.54) is 74.8 Å². The predicted molar refractivity (Wildman–Crippen MR) is 162 cm³/mol. The Morgan fingerprint density at radius 3 is 2.24 bits per heavy atom. The molecule has 2 aliphatic carbocycles. The van der Waals surface area contributed by atoms with Gasteiger partial charge >= 0.3 is 0 Å². The van der Waals surface area contributed by atoms with E-state index in [-0.39, 0.29) is 11.6 Å². The van der Waals surface area contributed by atoms with Crippen LogP contribution in [0.4, 0.5) is 25.8 Å². The molecule has 0 spiro atoms. The molecule has 7 heteroatoms. The monoisotopic (exact) mass is 551 g/mol. The van der Waals surface area contributed by atoms with E-state index in [9.17, 15) is 8.78 Å². The maximum absolute atomic E-state index is 13.6. The molecule has 3 aliphatic rings. The Balaban J connectivity index is 1.38. The molecule has 0 amide bonds. The Kier molecular flexibility index (Phi) is 8.05. The fourth-order valence-electron chi connectivity index (χ4n) is 5.69. The van der Waals surface area contributed by atoms with Crippen LogP contribution in [-0.2, 0) is 13.6 Å². The van der Waals surface area contributed by atoms with Crippen LogP contribution in [0.25, 0.3) is 22.4 Å². The minimum Gasteiger partial charge on any atom is -0.354 e. The van der Waals surface area contributed by atoms with Gasteiger partial charge in [-0.2, -0.15) is 0 Å². The van der Waals surface area contributed by atoms with Gasteiger partial charge in [0.15, 0.2) is 0 Å². The first kappa shape index (κ1) is 27.1. The van der Waals surface area contributed by atoms with Crippen molar-refractivity contribution >= 4 is 28.1 Å². The zero-order valence-electron chi connectivity index (χ0n) is 23.3. The number of hydrogen-bond donors (Lipinski definition) is 2. The number of rotatable bonds is 6. The third-order valence-electron chi connectivity index (χ3n) is 8.00. The Labute approximate surface area is 239 Å². The molecule has 0 bridgehead atoms. The normalized spacial score (nSPS) is 15.2. The molecule has 0 radical (unpaired) electrons. The highest BCUT2D eigenvalue weighted by molar-refractivity contribution is 5.82. The molecule has 0 saturated heterocycles. The molecule has 1 fully saturated rings. The van der Waals surface area contributed by atoms with Crippen molar-refractivity contribution in [2.75, 3.05) is 5.32 Å². The predicted octanol–water partition coefficient (Wildman–Crippen LogP) is 8.13. The minimum atomic E-state index is -0.312. The summed E-state index contributed by atoms with van der Waals surface area (Å²) in [5, 5.41) is 7.84. The van der Waals surface area contributed by atoms with Crippen LogP contribution in [0, 0.1) is 11.6 Å². The number of hydrogen-bond acceptors (Lipinski definition) is 4. The van der Waals surface area contributed by atoms with Gasteiger partial charge in [0, 0.05) is 25.3 Å². The van der Waals surface area contributed by atoms with Gasteiger partial charge in [-0.05, 0) is 91.2 Å². The van der Waals surface area contributed by atoms with E-state index in [0.717, 1.165) is 40.3 Å². The molecule has 1 saturated carbocycles. The van der Waals surface area contributed by atoms with Crippen LogP contribution in [0.2, 0.25) is 0 Å². The average Bonchev–Trinajstić information content (AvgIpc) is 2.95. The summed E-state index contributed by atoms with van der Waals surface area (Å²) in [6.45, 7) is 0.830. The summed E-state index contributed by atoms with van der Waals surface area (Å²) in [4.78, 5) is 9.87. The molecule has 6 rings (SSSR count). The summed E-state index contributed by atoms with van der Waals surface area (Å²) in [5.74, 6) is -0.612. The third kappa shape index (κ3) is 6.46. The Morgan fingerprint density at radius 1 is 0.829 bits per heavy atom. The van der Waals surface area contributed by atoms with Crippen molar-refractivity contribution in [1.82, 2.24) is 14.9 Å². The molecule has 0 atom stereocenters. The number of anilines is 2. The highest BCUT2D eigenvalue weighted by atomic mass is 19.1. The SMILES string of the molecule is Cn1c2cc(=Nc3ccc(F)cc3)c(Nc3ccc(F)cc3)cc-2nc2cc(CNC3CCCCCCC3)ccc21. The molecule has 3 aromatic rings. The Bertz CT molecular complexity index is 1670. The minimum absolute atomic E-state index is 0.301. The molecule has 1 aliphatic heterocycles. The first-order chi connectivity index (χ1) is 20.0. The number of aromatic nitrogens is 2. The molecule has 0 unspecified atom stereocenters. The molecule has 5 nitrogen and oxygen atoms in total. The van der Waals surface area contributed by atoms with E-state index >= 15 is 0 Å². The number of aryl methyl sites for hydroxylation is 1. The summed E-state index contributed by atoms with van der Waals surface area (Å²) in [6.07, 6.45) is 9.18. The molecular weight excluding hydrogens is 516 g/mol. The second-order valence-electron chi connectivity index (χ2n) is 11.0. The molecular formula is C34H35F2N5. The summed E-state index contributed by atoms with van der Waals surface area (Å²) < 4.78 is 29.2. The van der Waals surface area contributed by atoms with E-state index in [1.807, 2.05) is 19.2 Å². The van der Waals surface area contributed by atoms with E-state index in [1.54, 1.807) is 24.3 Å². The van der Waals surface area contributed by atoms with Crippen LogP contribution in [0.1, 0.15) is 50.5 Å². The van der Waals surface area contributed by atoms with Crippen molar-refractivity contribution in [3.63, 3.8) is 0 Å². The fourth-order valence-corrected chi connectivity index (χ4v) is 5.69. The topological polar surface area (TPSA) is 54.2 Å². The van der Waals surface area contributed by atoms with Crippen LogP contribution in [0.3, 0.4) is 0 Å².